The fraction of sp³-hybridized carbons (Fsp3) is 0.0909. The van der Waals surface area contributed by atoms with Gasteiger partial charge in [-0.15, -0.1) is 0 Å². The van der Waals surface area contributed by atoms with Crippen molar-refractivity contribution in [2.75, 3.05) is 11.9 Å². The molecule has 17 heavy (non-hydrogen) atoms. The molecule has 0 saturated heterocycles. The topological polar surface area (TPSA) is 67.8 Å². The summed E-state index contributed by atoms with van der Waals surface area (Å²) in [6, 6.07) is 5.21. The predicted molar refractivity (Wildman–Crippen MR) is 66.8 cm³/mol. The summed E-state index contributed by atoms with van der Waals surface area (Å²) in [6.45, 7) is 0.124. The van der Waals surface area contributed by atoms with Gasteiger partial charge in [-0.05, 0) is 28.1 Å². The van der Waals surface area contributed by atoms with Crippen LogP contribution in [0.4, 0.5) is 5.95 Å². The van der Waals surface area contributed by atoms with Gasteiger partial charge >= 0.3 is 0 Å². The molecule has 0 fully saturated rings. The van der Waals surface area contributed by atoms with Crippen molar-refractivity contribution in [3.8, 4) is 0 Å². The monoisotopic (exact) mass is 292 g/mol. The van der Waals surface area contributed by atoms with E-state index in [9.17, 15) is 4.79 Å². The summed E-state index contributed by atoms with van der Waals surface area (Å²) in [5.41, 5.74) is 0.428. The van der Waals surface area contributed by atoms with Crippen LogP contribution in [0.3, 0.4) is 0 Å². The smallest absolute Gasteiger partial charge is 0.223 e. The molecular formula is C11H9BrN4O. The normalized spacial score (nSPS) is 9.94. The Morgan fingerprint density at radius 1 is 1.24 bits per heavy atom. The Morgan fingerprint density at radius 3 is 2.65 bits per heavy atom. The van der Waals surface area contributed by atoms with Crippen molar-refractivity contribution in [1.82, 2.24) is 15.0 Å². The summed E-state index contributed by atoms with van der Waals surface area (Å²) < 4.78 is 0.791. The van der Waals surface area contributed by atoms with Crippen LogP contribution in [-0.4, -0.2) is 27.3 Å². The van der Waals surface area contributed by atoms with Gasteiger partial charge in [-0.25, -0.2) is 9.97 Å². The molecule has 2 aromatic heterocycles. The Kier molecular flexibility index (Phi) is 3.77. The second kappa shape index (κ2) is 5.49. The van der Waals surface area contributed by atoms with Gasteiger partial charge in [0.05, 0.1) is 11.0 Å². The quantitative estimate of drug-likeness (QED) is 0.872. The molecule has 0 radical (unpaired) electrons. The summed E-state index contributed by atoms with van der Waals surface area (Å²) in [4.78, 5) is 23.7. The molecule has 0 amide bonds. The van der Waals surface area contributed by atoms with Crippen molar-refractivity contribution in [3.05, 3.63) is 47.0 Å². The van der Waals surface area contributed by atoms with Crippen molar-refractivity contribution < 1.29 is 4.79 Å². The van der Waals surface area contributed by atoms with Gasteiger partial charge < -0.3 is 5.32 Å². The molecular weight excluding hydrogens is 284 g/mol. The highest BCUT2D eigenvalue weighted by molar-refractivity contribution is 9.10. The largest absolute Gasteiger partial charge is 0.347 e. The lowest BCUT2D eigenvalue weighted by molar-refractivity contribution is 0.100. The molecule has 0 aliphatic rings. The molecule has 0 atom stereocenters. The minimum Gasteiger partial charge on any atom is -0.347 e. The third-order valence-electron chi connectivity index (χ3n) is 1.98. The van der Waals surface area contributed by atoms with Crippen molar-refractivity contribution in [2.45, 2.75) is 0 Å². The number of rotatable bonds is 4. The third kappa shape index (κ3) is 3.32. The van der Waals surface area contributed by atoms with Gasteiger partial charge in [0.2, 0.25) is 5.95 Å². The molecule has 0 aliphatic carbocycles. The van der Waals surface area contributed by atoms with Gasteiger partial charge in [-0.3, -0.25) is 9.78 Å². The Morgan fingerprint density at radius 2 is 2.00 bits per heavy atom. The van der Waals surface area contributed by atoms with Gasteiger partial charge in [-0.1, -0.05) is 6.07 Å². The number of halogens is 1. The van der Waals surface area contributed by atoms with Gasteiger partial charge in [0.1, 0.15) is 5.69 Å². The highest BCUT2D eigenvalue weighted by Gasteiger charge is 2.06. The molecule has 0 spiro atoms. The maximum atomic E-state index is 11.7. The van der Waals surface area contributed by atoms with E-state index in [4.69, 9.17) is 0 Å². The first-order valence-corrected chi connectivity index (χ1v) is 5.70. The van der Waals surface area contributed by atoms with Crippen LogP contribution in [0.5, 0.6) is 0 Å². The number of carbonyl (C=O) groups is 1. The van der Waals surface area contributed by atoms with Gasteiger partial charge in [0.15, 0.2) is 5.78 Å². The van der Waals surface area contributed by atoms with Gasteiger partial charge in [-0.2, -0.15) is 0 Å². The van der Waals surface area contributed by atoms with E-state index < -0.39 is 0 Å². The van der Waals surface area contributed by atoms with Crippen LogP contribution in [-0.2, 0) is 0 Å². The molecule has 0 aliphatic heterocycles. The van der Waals surface area contributed by atoms with E-state index in [1.165, 1.54) is 0 Å². The minimum atomic E-state index is -0.0999. The highest BCUT2D eigenvalue weighted by Crippen LogP contribution is 2.06. The van der Waals surface area contributed by atoms with Crippen LogP contribution in [0, 0.1) is 0 Å². The highest BCUT2D eigenvalue weighted by atomic mass is 79.9. The number of ketones is 1. The molecule has 6 heteroatoms. The van der Waals surface area contributed by atoms with Gasteiger partial charge in [0, 0.05) is 18.6 Å². The van der Waals surface area contributed by atoms with E-state index >= 15 is 0 Å². The number of anilines is 1. The van der Waals surface area contributed by atoms with Crippen LogP contribution >= 0.6 is 15.9 Å². The second-order valence-electron chi connectivity index (χ2n) is 3.22. The second-order valence-corrected chi connectivity index (χ2v) is 4.13. The minimum absolute atomic E-state index is 0.0999. The zero-order valence-electron chi connectivity index (χ0n) is 8.80. The maximum absolute atomic E-state index is 11.7. The van der Waals surface area contributed by atoms with Crippen molar-refractivity contribution in [3.63, 3.8) is 0 Å². The molecule has 2 aromatic rings. The average Bonchev–Trinajstić information content (AvgIpc) is 2.39. The summed E-state index contributed by atoms with van der Waals surface area (Å²) in [5.74, 6) is 0.314. The van der Waals surface area contributed by atoms with E-state index in [1.54, 1.807) is 36.8 Å². The first-order chi connectivity index (χ1) is 8.25. The molecule has 2 heterocycles. The lowest BCUT2D eigenvalue weighted by Crippen LogP contribution is -2.16. The average molecular weight is 293 g/mol. The third-order valence-corrected chi connectivity index (χ3v) is 2.39. The lowest BCUT2D eigenvalue weighted by atomic mass is 10.2. The number of nitrogens with zero attached hydrogens (tertiary/aromatic N) is 3. The summed E-state index contributed by atoms with van der Waals surface area (Å²) in [6.07, 6.45) is 4.81. The van der Waals surface area contributed by atoms with Crippen molar-refractivity contribution in [1.29, 1.82) is 0 Å². The van der Waals surface area contributed by atoms with E-state index in [0.29, 0.717) is 11.6 Å². The Bertz CT molecular complexity index is 501. The van der Waals surface area contributed by atoms with Crippen molar-refractivity contribution >= 4 is 27.7 Å². The van der Waals surface area contributed by atoms with E-state index in [-0.39, 0.29) is 12.3 Å². The number of Topliss-reactive ketones (excluding diaryl/α,β-unsaturated/α-hetero) is 1. The first-order valence-electron chi connectivity index (χ1n) is 4.91. The van der Waals surface area contributed by atoms with E-state index in [2.05, 4.69) is 36.2 Å². The zero-order valence-corrected chi connectivity index (χ0v) is 10.4. The van der Waals surface area contributed by atoms with Crippen LogP contribution < -0.4 is 5.32 Å². The van der Waals surface area contributed by atoms with Crippen molar-refractivity contribution in [2.24, 2.45) is 0 Å². The summed E-state index contributed by atoms with van der Waals surface area (Å²) in [7, 11) is 0. The molecule has 86 valence electrons. The van der Waals surface area contributed by atoms with Crippen LogP contribution in [0.2, 0.25) is 0 Å². The van der Waals surface area contributed by atoms with Crippen LogP contribution in [0.1, 0.15) is 10.5 Å². The fourth-order valence-electron chi connectivity index (χ4n) is 1.18. The number of hydrogen-bond acceptors (Lipinski definition) is 5. The number of carbonyl (C=O) groups excluding carboxylic acids is 1. The molecule has 1 N–H and O–H groups in total. The Labute approximate surface area is 106 Å². The predicted octanol–water partition coefficient (Wildman–Crippen LogP) is 1.93. The molecule has 5 nitrogen and oxygen atoms in total. The van der Waals surface area contributed by atoms with E-state index in [1.807, 2.05) is 0 Å². The maximum Gasteiger partial charge on any atom is 0.223 e. The standard InChI is InChI=1S/C11H9BrN4O/c12-8-5-14-11(15-6-8)16-7-10(17)9-3-1-2-4-13-9/h1-6H,7H2,(H,14,15,16). The SMILES string of the molecule is O=C(CNc1ncc(Br)cn1)c1ccccn1. The summed E-state index contributed by atoms with van der Waals surface area (Å²) in [5, 5.41) is 2.84. The molecule has 0 saturated carbocycles. The molecule has 0 bridgehead atoms. The van der Waals surface area contributed by atoms with Crippen LogP contribution in [0.15, 0.2) is 41.3 Å². The number of nitrogens with one attached hydrogen (secondary N) is 1. The molecule has 0 unspecified atom stereocenters. The summed E-state index contributed by atoms with van der Waals surface area (Å²) >= 11 is 3.23. The lowest BCUT2D eigenvalue weighted by Gasteiger charge is -2.03. The molecule has 0 aromatic carbocycles. The number of pyridine rings is 1. The molecule has 2 rings (SSSR count). The van der Waals surface area contributed by atoms with Crippen LogP contribution in [0.25, 0.3) is 0 Å². The number of hydrogen-bond donors (Lipinski definition) is 1. The Balaban J connectivity index is 1.95. The van der Waals surface area contributed by atoms with E-state index in [0.717, 1.165) is 4.47 Å². The first kappa shape index (κ1) is 11.7. The fourth-order valence-corrected chi connectivity index (χ4v) is 1.39. The number of aromatic nitrogens is 3. The van der Waals surface area contributed by atoms with Gasteiger partial charge in [0.25, 0.3) is 0 Å². The zero-order chi connectivity index (χ0) is 12.1. The Hall–Kier alpha value is -1.82.